The molecule has 1 spiro atoms. The van der Waals surface area contributed by atoms with Crippen LogP contribution in [0.3, 0.4) is 0 Å². The van der Waals surface area contributed by atoms with Crippen LogP contribution in [0.1, 0.15) is 25.7 Å². The van der Waals surface area contributed by atoms with Crippen LogP contribution in [0.5, 0.6) is 0 Å². The first kappa shape index (κ1) is 12.2. The van der Waals surface area contributed by atoms with E-state index in [4.69, 9.17) is 15.6 Å². The normalized spacial score (nSPS) is 31.2. The molecule has 92 valence electrons. The predicted octanol–water partition coefficient (Wildman–Crippen LogP) is 1.09. The number of rotatable bonds is 2. The fourth-order valence-corrected chi connectivity index (χ4v) is 3.90. The van der Waals surface area contributed by atoms with Gasteiger partial charge in [-0.3, -0.25) is 4.79 Å². The monoisotopic (exact) mass is 245 g/mol. The molecule has 0 aromatic rings. The Hall–Kier alpha value is -0.260. The van der Waals surface area contributed by atoms with Gasteiger partial charge in [0.2, 0.25) is 0 Å². The van der Waals surface area contributed by atoms with Crippen LogP contribution in [0.25, 0.3) is 0 Å². The maximum atomic E-state index is 10.9. The summed E-state index contributed by atoms with van der Waals surface area (Å²) in [6.45, 7) is 0.663. The summed E-state index contributed by atoms with van der Waals surface area (Å²) in [7, 11) is 0. The van der Waals surface area contributed by atoms with Gasteiger partial charge in [-0.2, -0.15) is 11.8 Å². The first-order valence-corrected chi connectivity index (χ1v) is 6.99. The van der Waals surface area contributed by atoms with Crippen molar-refractivity contribution in [2.24, 2.45) is 11.7 Å². The highest BCUT2D eigenvalue weighted by atomic mass is 32.2. The number of carboxylic acids is 1. The van der Waals surface area contributed by atoms with Gasteiger partial charge in [-0.05, 0) is 43.1 Å². The van der Waals surface area contributed by atoms with Crippen LogP contribution in [0.15, 0.2) is 0 Å². The Bertz CT molecular complexity index is 260. The number of carboxylic acid groups (broad SMARTS) is 1. The van der Waals surface area contributed by atoms with E-state index in [1.165, 1.54) is 0 Å². The van der Waals surface area contributed by atoms with Gasteiger partial charge in [0.1, 0.15) is 6.04 Å². The SMILES string of the molecule is NC(C(=O)O)C1CCOC2(CCSCC2)C1. The van der Waals surface area contributed by atoms with Crippen molar-refractivity contribution in [3.63, 3.8) is 0 Å². The highest BCUT2D eigenvalue weighted by molar-refractivity contribution is 7.99. The van der Waals surface area contributed by atoms with E-state index < -0.39 is 12.0 Å². The summed E-state index contributed by atoms with van der Waals surface area (Å²) in [6, 6.07) is -0.727. The van der Waals surface area contributed by atoms with Gasteiger partial charge in [-0.25, -0.2) is 0 Å². The summed E-state index contributed by atoms with van der Waals surface area (Å²) in [5.41, 5.74) is 5.65. The van der Waals surface area contributed by atoms with Crippen molar-refractivity contribution in [2.75, 3.05) is 18.1 Å². The molecule has 2 saturated heterocycles. The minimum absolute atomic E-state index is 0.0682. The quantitative estimate of drug-likeness (QED) is 0.762. The third-order valence-electron chi connectivity index (χ3n) is 3.73. The van der Waals surface area contributed by atoms with Gasteiger partial charge in [-0.1, -0.05) is 0 Å². The predicted molar refractivity (Wildman–Crippen MR) is 63.6 cm³/mol. The topological polar surface area (TPSA) is 72.6 Å². The van der Waals surface area contributed by atoms with Crippen LogP contribution in [-0.2, 0) is 9.53 Å². The zero-order valence-electron chi connectivity index (χ0n) is 9.35. The minimum Gasteiger partial charge on any atom is -0.480 e. The van der Waals surface area contributed by atoms with E-state index in [0.717, 1.165) is 37.2 Å². The third kappa shape index (κ3) is 2.52. The number of thioether (sulfide) groups is 1. The van der Waals surface area contributed by atoms with Crippen molar-refractivity contribution in [1.82, 2.24) is 0 Å². The molecule has 3 N–H and O–H groups in total. The van der Waals surface area contributed by atoms with Crippen LogP contribution < -0.4 is 5.73 Å². The number of hydrogen-bond donors (Lipinski definition) is 2. The summed E-state index contributed by atoms with van der Waals surface area (Å²) >= 11 is 1.95. The molecule has 2 fully saturated rings. The minimum atomic E-state index is -0.882. The Labute approximate surface area is 99.9 Å². The highest BCUT2D eigenvalue weighted by Crippen LogP contribution is 2.40. The molecule has 2 heterocycles. The lowest BCUT2D eigenvalue weighted by Crippen LogP contribution is -2.49. The second kappa shape index (κ2) is 4.94. The molecule has 0 bridgehead atoms. The summed E-state index contributed by atoms with van der Waals surface area (Å²) in [5, 5.41) is 8.95. The van der Waals surface area contributed by atoms with Crippen LogP contribution in [0, 0.1) is 5.92 Å². The lowest BCUT2D eigenvalue weighted by molar-refractivity contribution is -0.145. The summed E-state index contributed by atoms with van der Waals surface area (Å²) in [5.74, 6) is 1.44. The summed E-state index contributed by atoms with van der Waals surface area (Å²) in [4.78, 5) is 10.9. The number of nitrogens with two attached hydrogens (primary N) is 1. The van der Waals surface area contributed by atoms with E-state index in [0.29, 0.717) is 6.61 Å². The summed E-state index contributed by atoms with van der Waals surface area (Å²) in [6.07, 6.45) is 3.68. The van der Waals surface area contributed by atoms with E-state index in [2.05, 4.69) is 0 Å². The van der Waals surface area contributed by atoms with Gasteiger partial charge in [0.15, 0.2) is 0 Å². The van der Waals surface area contributed by atoms with Crippen molar-refractivity contribution in [1.29, 1.82) is 0 Å². The Morgan fingerprint density at radius 3 is 2.81 bits per heavy atom. The van der Waals surface area contributed by atoms with E-state index in [-0.39, 0.29) is 11.5 Å². The Balaban J connectivity index is 2.00. The maximum absolute atomic E-state index is 10.9. The lowest BCUT2D eigenvalue weighted by Gasteiger charge is -2.44. The van der Waals surface area contributed by atoms with Gasteiger partial charge in [0, 0.05) is 6.61 Å². The fourth-order valence-electron chi connectivity index (χ4n) is 2.67. The number of carbonyl (C=O) groups is 1. The van der Waals surface area contributed by atoms with Gasteiger partial charge >= 0.3 is 5.97 Å². The van der Waals surface area contributed by atoms with Crippen LogP contribution in [0.2, 0.25) is 0 Å². The summed E-state index contributed by atoms with van der Waals surface area (Å²) < 4.78 is 5.90. The second-order valence-corrected chi connectivity index (χ2v) is 5.99. The average molecular weight is 245 g/mol. The second-order valence-electron chi connectivity index (χ2n) is 4.76. The van der Waals surface area contributed by atoms with Crippen molar-refractivity contribution < 1.29 is 14.6 Å². The molecule has 16 heavy (non-hydrogen) atoms. The molecule has 0 aliphatic carbocycles. The number of ether oxygens (including phenoxy) is 1. The van der Waals surface area contributed by atoms with Gasteiger partial charge in [0.05, 0.1) is 5.60 Å². The molecule has 5 heteroatoms. The van der Waals surface area contributed by atoms with Crippen LogP contribution >= 0.6 is 11.8 Å². The molecular weight excluding hydrogens is 226 g/mol. The molecular formula is C11H19NO3S. The molecule has 0 aromatic carbocycles. The highest BCUT2D eigenvalue weighted by Gasteiger charge is 2.41. The fraction of sp³-hybridized carbons (Fsp3) is 0.909. The smallest absolute Gasteiger partial charge is 0.320 e. The molecule has 2 atom stereocenters. The number of hydrogen-bond acceptors (Lipinski definition) is 4. The Morgan fingerprint density at radius 1 is 1.50 bits per heavy atom. The maximum Gasteiger partial charge on any atom is 0.320 e. The van der Waals surface area contributed by atoms with E-state index in [9.17, 15) is 4.79 Å². The lowest BCUT2D eigenvalue weighted by atomic mass is 9.79. The number of aliphatic carboxylic acids is 1. The first-order valence-electron chi connectivity index (χ1n) is 5.83. The zero-order chi connectivity index (χ0) is 11.6. The zero-order valence-corrected chi connectivity index (χ0v) is 10.2. The molecule has 4 nitrogen and oxygen atoms in total. The van der Waals surface area contributed by atoms with Crippen LogP contribution in [-0.4, -0.2) is 40.8 Å². The first-order chi connectivity index (χ1) is 7.63. The standard InChI is InChI=1S/C11H19NO3S/c12-9(10(13)14)8-1-4-15-11(7-8)2-5-16-6-3-11/h8-9H,1-7,12H2,(H,13,14). The third-order valence-corrected chi connectivity index (χ3v) is 4.71. The Morgan fingerprint density at radius 2 is 2.19 bits per heavy atom. The van der Waals surface area contributed by atoms with E-state index >= 15 is 0 Å². The van der Waals surface area contributed by atoms with Gasteiger partial charge in [0.25, 0.3) is 0 Å². The van der Waals surface area contributed by atoms with Gasteiger partial charge in [-0.15, -0.1) is 0 Å². The molecule has 2 rings (SSSR count). The average Bonchev–Trinajstić information content (AvgIpc) is 2.29. The van der Waals surface area contributed by atoms with Crippen molar-refractivity contribution in [3.8, 4) is 0 Å². The largest absolute Gasteiger partial charge is 0.480 e. The molecule has 2 unspecified atom stereocenters. The van der Waals surface area contributed by atoms with E-state index in [1.54, 1.807) is 0 Å². The molecule has 2 aliphatic rings. The van der Waals surface area contributed by atoms with Crippen LogP contribution in [0.4, 0.5) is 0 Å². The van der Waals surface area contributed by atoms with Crippen molar-refractivity contribution in [2.45, 2.75) is 37.3 Å². The molecule has 0 saturated carbocycles. The molecule has 0 aromatic heterocycles. The molecule has 0 amide bonds. The van der Waals surface area contributed by atoms with Crippen molar-refractivity contribution in [3.05, 3.63) is 0 Å². The Kier molecular flexibility index (Phi) is 3.77. The van der Waals surface area contributed by atoms with E-state index in [1.807, 2.05) is 11.8 Å². The molecule has 0 radical (unpaired) electrons. The van der Waals surface area contributed by atoms with Gasteiger partial charge < -0.3 is 15.6 Å². The molecule has 2 aliphatic heterocycles. The van der Waals surface area contributed by atoms with Crippen molar-refractivity contribution >= 4 is 17.7 Å².